The number of fused-ring (bicyclic) bond motifs is 2. The molecule has 18 heavy (non-hydrogen) atoms. The lowest BCUT2D eigenvalue weighted by Crippen LogP contribution is -2.36. The Morgan fingerprint density at radius 1 is 0.667 bits per heavy atom. The molecule has 0 nitrogen and oxygen atoms in total. The SMILES string of the molecule is [2H]C([2H])([2H])C1(C)c2ccccc2C(C)(C([2H])([2H])[2H])c2ccccc21. The van der Waals surface area contributed by atoms with Crippen molar-refractivity contribution in [2.45, 2.75) is 38.4 Å². The first kappa shape index (κ1) is 6.56. The highest BCUT2D eigenvalue weighted by Crippen LogP contribution is 2.49. The molecule has 0 aliphatic heterocycles. The second-order valence-corrected chi connectivity index (χ2v) is 5.34. The Morgan fingerprint density at radius 3 is 1.17 bits per heavy atom. The number of hydrogen-bond donors (Lipinski definition) is 0. The second kappa shape index (κ2) is 3.47. The summed E-state index contributed by atoms with van der Waals surface area (Å²) in [5.41, 5.74) is -0.204. The molecule has 0 saturated carbocycles. The van der Waals surface area contributed by atoms with E-state index in [4.69, 9.17) is 8.22 Å². The third-order valence-corrected chi connectivity index (χ3v) is 4.01. The van der Waals surface area contributed by atoms with Crippen LogP contribution >= 0.6 is 0 Å². The molecule has 0 radical (unpaired) electrons. The van der Waals surface area contributed by atoms with Gasteiger partial charge < -0.3 is 0 Å². The van der Waals surface area contributed by atoms with Crippen molar-refractivity contribution in [3.05, 3.63) is 70.8 Å². The highest BCUT2D eigenvalue weighted by atomic mass is 14.4. The summed E-state index contributed by atoms with van der Waals surface area (Å²) >= 11 is 0. The van der Waals surface area contributed by atoms with Crippen molar-refractivity contribution in [2.75, 3.05) is 0 Å². The fraction of sp³-hybridized carbons (Fsp3) is 0.333. The number of rotatable bonds is 0. The Hall–Kier alpha value is -1.56. The Bertz CT molecular complexity index is 671. The summed E-state index contributed by atoms with van der Waals surface area (Å²) in [6.45, 7) is -1.21. The molecule has 0 N–H and O–H groups in total. The van der Waals surface area contributed by atoms with Gasteiger partial charge in [-0.3, -0.25) is 0 Å². The van der Waals surface area contributed by atoms with Crippen molar-refractivity contribution in [3.63, 3.8) is 0 Å². The summed E-state index contributed by atoms with van der Waals surface area (Å²) in [5.74, 6) is 0. The molecule has 2 aromatic carbocycles. The maximum absolute atomic E-state index is 8.16. The molecule has 0 heterocycles. The molecule has 0 amide bonds. The summed E-state index contributed by atoms with van der Waals surface area (Å²) in [7, 11) is 0. The molecule has 0 aromatic heterocycles. The molecule has 92 valence electrons. The zero-order valence-corrected chi connectivity index (χ0v) is 10.6. The van der Waals surface area contributed by atoms with Crippen molar-refractivity contribution in [1.29, 1.82) is 0 Å². The van der Waals surface area contributed by atoms with Gasteiger partial charge in [-0.2, -0.15) is 0 Å². The molecule has 0 saturated heterocycles. The lowest BCUT2D eigenvalue weighted by Gasteiger charge is -2.43. The lowest BCUT2D eigenvalue weighted by molar-refractivity contribution is 0.520. The topological polar surface area (TPSA) is 0 Å². The molecule has 1 aliphatic rings. The minimum absolute atomic E-state index is 0.572. The van der Waals surface area contributed by atoms with Crippen LogP contribution in [-0.2, 0) is 10.8 Å². The maximum atomic E-state index is 8.16. The fourth-order valence-electron chi connectivity index (χ4n) is 3.00. The van der Waals surface area contributed by atoms with Crippen molar-refractivity contribution in [3.8, 4) is 0 Å². The van der Waals surface area contributed by atoms with E-state index in [1.165, 1.54) is 0 Å². The van der Waals surface area contributed by atoms with Gasteiger partial charge in [-0.25, -0.2) is 0 Å². The van der Waals surface area contributed by atoms with Crippen LogP contribution in [0.3, 0.4) is 0 Å². The van der Waals surface area contributed by atoms with Gasteiger partial charge in [0.1, 0.15) is 0 Å². The van der Waals surface area contributed by atoms with Crippen molar-refractivity contribution < 1.29 is 8.22 Å². The average molecular weight is 242 g/mol. The van der Waals surface area contributed by atoms with Gasteiger partial charge in [-0.1, -0.05) is 76.1 Å². The smallest absolute Gasteiger partial charge is 0.0243 e. The number of hydrogen-bond acceptors (Lipinski definition) is 0. The minimum Gasteiger partial charge on any atom is -0.0619 e. The van der Waals surface area contributed by atoms with E-state index in [1.54, 1.807) is 62.4 Å². The van der Waals surface area contributed by atoms with Gasteiger partial charge in [-0.05, 0) is 22.3 Å². The standard InChI is InChI=1S/C18H20/c1-17(2)13-9-5-7-11-15(13)18(3,4)16-12-8-6-10-14(16)17/h5-12H,1-4H3/i1D3,3D3. The van der Waals surface area contributed by atoms with E-state index >= 15 is 0 Å². The lowest BCUT2D eigenvalue weighted by atomic mass is 9.60. The third-order valence-electron chi connectivity index (χ3n) is 4.01. The van der Waals surface area contributed by atoms with Gasteiger partial charge in [0.25, 0.3) is 0 Å². The number of benzene rings is 2. The van der Waals surface area contributed by atoms with E-state index in [1.807, 2.05) is 0 Å². The monoisotopic (exact) mass is 242 g/mol. The van der Waals surface area contributed by atoms with E-state index < -0.39 is 24.5 Å². The van der Waals surface area contributed by atoms with Crippen LogP contribution in [0.15, 0.2) is 48.5 Å². The Morgan fingerprint density at radius 2 is 0.944 bits per heavy atom. The molecule has 0 bridgehead atoms. The molecule has 0 fully saturated rings. The van der Waals surface area contributed by atoms with Crippen molar-refractivity contribution >= 4 is 0 Å². The Balaban J connectivity index is 2.51. The zero-order valence-electron chi connectivity index (χ0n) is 16.6. The van der Waals surface area contributed by atoms with Crippen LogP contribution in [0.4, 0.5) is 0 Å². The van der Waals surface area contributed by atoms with Gasteiger partial charge in [0, 0.05) is 19.1 Å². The van der Waals surface area contributed by atoms with Gasteiger partial charge in [-0.15, -0.1) is 0 Å². The van der Waals surface area contributed by atoms with Crippen molar-refractivity contribution in [1.82, 2.24) is 0 Å². The van der Waals surface area contributed by atoms with E-state index in [0.29, 0.717) is 22.3 Å². The summed E-state index contributed by atoms with van der Waals surface area (Å²) in [6, 6.07) is 14.1. The Kier molecular flexibility index (Phi) is 1.27. The predicted octanol–water partition coefficient (Wildman–Crippen LogP) is 4.65. The fourth-order valence-corrected chi connectivity index (χ4v) is 3.00. The van der Waals surface area contributed by atoms with Crippen LogP contribution in [0.5, 0.6) is 0 Å². The summed E-state index contributed by atoms with van der Waals surface area (Å²) < 4.78 is 49.0. The molecule has 0 atom stereocenters. The van der Waals surface area contributed by atoms with Crippen LogP contribution in [0.1, 0.15) is 58.0 Å². The minimum atomic E-state index is -2.30. The highest BCUT2D eigenvalue weighted by molar-refractivity contribution is 5.58. The first-order chi connectivity index (χ1) is 11.0. The molecular weight excluding hydrogens is 216 g/mol. The Labute approximate surface area is 118 Å². The van der Waals surface area contributed by atoms with Crippen molar-refractivity contribution in [2.24, 2.45) is 0 Å². The third kappa shape index (κ3) is 1.32. The normalized spacial score (nSPS) is 35.9. The van der Waals surface area contributed by atoms with Gasteiger partial charge in [0.05, 0.1) is 0 Å². The molecule has 3 rings (SSSR count). The van der Waals surface area contributed by atoms with Gasteiger partial charge in [0.15, 0.2) is 0 Å². The largest absolute Gasteiger partial charge is 0.0619 e. The van der Waals surface area contributed by atoms with Crippen LogP contribution < -0.4 is 0 Å². The molecule has 2 aromatic rings. The molecule has 0 heteroatoms. The summed E-state index contributed by atoms with van der Waals surface area (Å²) in [5, 5.41) is 0. The van der Waals surface area contributed by atoms with Gasteiger partial charge >= 0.3 is 0 Å². The molecule has 0 unspecified atom stereocenters. The van der Waals surface area contributed by atoms with Crippen LogP contribution in [0.2, 0.25) is 0 Å². The van der Waals surface area contributed by atoms with E-state index in [2.05, 4.69) is 0 Å². The zero-order chi connectivity index (χ0) is 18.0. The maximum Gasteiger partial charge on any atom is 0.0243 e. The van der Waals surface area contributed by atoms with E-state index in [-0.39, 0.29) is 0 Å². The first-order valence-electron chi connectivity index (χ1n) is 9.15. The summed E-state index contributed by atoms with van der Waals surface area (Å²) in [4.78, 5) is 0. The summed E-state index contributed by atoms with van der Waals surface area (Å²) in [6.07, 6.45) is 0. The van der Waals surface area contributed by atoms with Crippen LogP contribution in [0, 0.1) is 0 Å². The van der Waals surface area contributed by atoms with Gasteiger partial charge in [0.2, 0.25) is 0 Å². The van der Waals surface area contributed by atoms with E-state index in [9.17, 15) is 0 Å². The molecule has 0 spiro atoms. The highest BCUT2D eigenvalue weighted by Gasteiger charge is 2.40. The molecule has 1 aliphatic carbocycles. The van der Waals surface area contributed by atoms with E-state index in [0.717, 1.165) is 0 Å². The molecular formula is C18H20. The predicted molar refractivity (Wildman–Crippen MR) is 77.1 cm³/mol. The van der Waals surface area contributed by atoms with Crippen LogP contribution in [-0.4, -0.2) is 0 Å². The first-order valence-corrected chi connectivity index (χ1v) is 6.15. The quantitative estimate of drug-likeness (QED) is 0.630. The second-order valence-electron chi connectivity index (χ2n) is 5.34. The average Bonchev–Trinajstić information content (AvgIpc) is 2.50. The van der Waals surface area contributed by atoms with Crippen LogP contribution in [0.25, 0.3) is 0 Å².